The van der Waals surface area contributed by atoms with E-state index in [0.29, 0.717) is 23.8 Å². The van der Waals surface area contributed by atoms with E-state index in [1.54, 1.807) is 48.2 Å². The van der Waals surface area contributed by atoms with Crippen LogP contribution in [-0.4, -0.2) is 41.3 Å². The van der Waals surface area contributed by atoms with Gasteiger partial charge in [0.2, 0.25) is 11.6 Å². The van der Waals surface area contributed by atoms with Crippen molar-refractivity contribution >= 4 is 5.91 Å². The fraction of sp³-hybridized carbons (Fsp3) is 0.0769. The van der Waals surface area contributed by atoms with Gasteiger partial charge in [-0.25, -0.2) is 15.4 Å². The van der Waals surface area contributed by atoms with Gasteiger partial charge in [-0.05, 0) is 29.0 Å². The van der Waals surface area contributed by atoms with Crippen molar-refractivity contribution in [2.75, 3.05) is 0 Å². The summed E-state index contributed by atoms with van der Waals surface area (Å²) in [5.74, 6) is 0.189. The lowest BCUT2D eigenvalue weighted by Crippen LogP contribution is -2.18. The first-order chi connectivity index (χ1) is 10.8. The molecular formula is C13H11N7O2. The first kappa shape index (κ1) is 13.8. The molecule has 9 nitrogen and oxygen atoms in total. The molecule has 0 saturated carbocycles. The quantitative estimate of drug-likeness (QED) is 0.525. The van der Waals surface area contributed by atoms with Gasteiger partial charge in [-0.15, -0.1) is 10.2 Å². The molecule has 0 spiro atoms. The first-order valence-corrected chi connectivity index (χ1v) is 6.35. The highest BCUT2D eigenvalue weighted by Gasteiger charge is 2.09. The maximum Gasteiger partial charge on any atom is 0.274 e. The number of aromatic nitrogens is 6. The van der Waals surface area contributed by atoms with E-state index in [1.807, 2.05) is 0 Å². The van der Waals surface area contributed by atoms with Gasteiger partial charge in [-0.3, -0.25) is 10.0 Å². The molecule has 0 unspecified atom stereocenters. The van der Waals surface area contributed by atoms with E-state index < -0.39 is 5.91 Å². The fourth-order valence-corrected chi connectivity index (χ4v) is 1.80. The Labute approximate surface area is 124 Å². The van der Waals surface area contributed by atoms with Crippen molar-refractivity contribution in [1.82, 2.24) is 35.7 Å². The number of hydrogen-bond donors (Lipinski definition) is 2. The molecule has 2 aromatic heterocycles. The number of hydroxylamine groups is 1. The van der Waals surface area contributed by atoms with Gasteiger partial charge >= 0.3 is 0 Å². The molecule has 0 aliphatic rings. The summed E-state index contributed by atoms with van der Waals surface area (Å²) in [6, 6.07) is 8.38. The van der Waals surface area contributed by atoms with E-state index in [1.165, 1.54) is 4.80 Å². The average molecular weight is 297 g/mol. The second-order valence-corrected chi connectivity index (χ2v) is 4.35. The number of carbonyl (C=O) groups excluding carboxylic acids is 1. The minimum Gasteiger partial charge on any atom is -0.288 e. The Morgan fingerprint density at radius 2 is 1.86 bits per heavy atom. The zero-order chi connectivity index (χ0) is 15.4. The molecule has 9 heteroatoms. The predicted molar refractivity (Wildman–Crippen MR) is 73.6 cm³/mol. The van der Waals surface area contributed by atoms with Crippen LogP contribution in [0.2, 0.25) is 0 Å². The van der Waals surface area contributed by atoms with Gasteiger partial charge in [0, 0.05) is 18.0 Å². The van der Waals surface area contributed by atoms with Crippen molar-refractivity contribution in [2.24, 2.45) is 0 Å². The molecule has 2 N–H and O–H groups in total. The van der Waals surface area contributed by atoms with Crippen LogP contribution in [0.25, 0.3) is 11.6 Å². The standard InChI is InChI=1S/C13H11N7O2/c21-13(18-22)10-4-2-9(3-5-10)8-20-17-12(16-19-20)11-14-6-1-7-15-11/h1-7,22H,8H2,(H,18,21). The zero-order valence-corrected chi connectivity index (χ0v) is 11.3. The van der Waals surface area contributed by atoms with Crippen LogP contribution in [0.15, 0.2) is 42.7 Å². The molecule has 0 radical (unpaired) electrons. The van der Waals surface area contributed by atoms with Gasteiger partial charge < -0.3 is 0 Å². The molecule has 110 valence electrons. The van der Waals surface area contributed by atoms with Crippen molar-refractivity contribution in [3.63, 3.8) is 0 Å². The Bertz CT molecular complexity index is 771. The molecule has 0 bridgehead atoms. The molecule has 1 amide bonds. The van der Waals surface area contributed by atoms with Crippen LogP contribution < -0.4 is 5.48 Å². The average Bonchev–Trinajstić information content (AvgIpc) is 3.04. The number of rotatable bonds is 4. The van der Waals surface area contributed by atoms with Crippen molar-refractivity contribution in [3.05, 3.63) is 53.9 Å². The maximum atomic E-state index is 11.2. The second kappa shape index (κ2) is 6.06. The van der Waals surface area contributed by atoms with Crippen LogP contribution in [0.5, 0.6) is 0 Å². The molecule has 0 saturated heterocycles. The smallest absolute Gasteiger partial charge is 0.274 e. The van der Waals surface area contributed by atoms with E-state index in [9.17, 15) is 4.79 Å². The molecule has 3 aromatic rings. The van der Waals surface area contributed by atoms with E-state index >= 15 is 0 Å². The molecule has 3 rings (SSSR count). The minimum atomic E-state index is -0.561. The van der Waals surface area contributed by atoms with Gasteiger partial charge in [0.05, 0.1) is 6.54 Å². The summed E-state index contributed by atoms with van der Waals surface area (Å²) in [4.78, 5) is 20.7. The van der Waals surface area contributed by atoms with Crippen molar-refractivity contribution in [1.29, 1.82) is 0 Å². The number of nitrogens with one attached hydrogen (secondary N) is 1. The van der Waals surface area contributed by atoms with Crippen molar-refractivity contribution < 1.29 is 10.0 Å². The Hall–Kier alpha value is -3.20. The van der Waals surface area contributed by atoms with Gasteiger partial charge in [0.1, 0.15) is 0 Å². The maximum absolute atomic E-state index is 11.2. The van der Waals surface area contributed by atoms with E-state index in [-0.39, 0.29) is 0 Å². The third-order valence-electron chi connectivity index (χ3n) is 2.86. The van der Waals surface area contributed by atoms with Crippen molar-refractivity contribution in [3.8, 4) is 11.6 Å². The number of hydrogen-bond acceptors (Lipinski definition) is 7. The van der Waals surface area contributed by atoms with Crippen LogP contribution in [0.4, 0.5) is 0 Å². The predicted octanol–water partition coefficient (Wildman–Crippen LogP) is 0.297. The highest BCUT2D eigenvalue weighted by molar-refractivity contribution is 5.93. The SMILES string of the molecule is O=C(NO)c1ccc(Cn2nnc(-c3ncccn3)n2)cc1. The highest BCUT2D eigenvalue weighted by Crippen LogP contribution is 2.08. The third-order valence-corrected chi connectivity index (χ3v) is 2.86. The third kappa shape index (κ3) is 2.94. The number of nitrogens with zero attached hydrogens (tertiary/aromatic N) is 6. The molecule has 0 fully saturated rings. The number of tetrazole rings is 1. The molecule has 0 aliphatic heterocycles. The molecule has 1 aromatic carbocycles. The molecular weight excluding hydrogens is 286 g/mol. The Morgan fingerprint density at radius 1 is 1.14 bits per heavy atom. The van der Waals surface area contributed by atoms with Crippen LogP contribution >= 0.6 is 0 Å². The molecule has 0 aliphatic carbocycles. The van der Waals surface area contributed by atoms with Crippen LogP contribution in [0, 0.1) is 0 Å². The lowest BCUT2D eigenvalue weighted by atomic mass is 10.1. The summed E-state index contributed by atoms with van der Waals surface area (Å²) in [6.45, 7) is 0.390. The topological polar surface area (TPSA) is 119 Å². The summed E-state index contributed by atoms with van der Waals surface area (Å²) < 4.78 is 0. The van der Waals surface area contributed by atoms with Crippen molar-refractivity contribution in [2.45, 2.75) is 6.54 Å². The minimum absolute atomic E-state index is 0.344. The van der Waals surface area contributed by atoms with Gasteiger partial charge in [0.15, 0.2) is 0 Å². The lowest BCUT2D eigenvalue weighted by molar-refractivity contribution is 0.0706. The number of carbonyl (C=O) groups is 1. The summed E-state index contributed by atoms with van der Waals surface area (Å²) in [5.41, 5.74) is 2.82. The summed E-state index contributed by atoms with van der Waals surface area (Å²) in [5, 5.41) is 20.6. The summed E-state index contributed by atoms with van der Waals surface area (Å²) in [6.07, 6.45) is 3.21. The normalized spacial score (nSPS) is 10.4. The fourth-order valence-electron chi connectivity index (χ4n) is 1.80. The van der Waals surface area contributed by atoms with Crippen LogP contribution in [0.1, 0.15) is 15.9 Å². The van der Waals surface area contributed by atoms with Gasteiger partial charge in [0.25, 0.3) is 5.91 Å². The highest BCUT2D eigenvalue weighted by atomic mass is 16.5. The summed E-state index contributed by atoms with van der Waals surface area (Å²) >= 11 is 0. The van der Waals surface area contributed by atoms with Gasteiger partial charge in [-0.1, -0.05) is 12.1 Å². The Morgan fingerprint density at radius 3 is 2.55 bits per heavy atom. The van der Waals surface area contributed by atoms with Crippen LogP contribution in [0.3, 0.4) is 0 Å². The first-order valence-electron chi connectivity index (χ1n) is 6.35. The monoisotopic (exact) mass is 297 g/mol. The summed E-state index contributed by atoms with van der Waals surface area (Å²) in [7, 11) is 0. The second-order valence-electron chi connectivity index (χ2n) is 4.35. The zero-order valence-electron chi connectivity index (χ0n) is 11.3. The molecule has 0 atom stereocenters. The van der Waals surface area contributed by atoms with E-state index in [0.717, 1.165) is 5.56 Å². The number of benzene rings is 1. The number of amides is 1. The van der Waals surface area contributed by atoms with Gasteiger partial charge in [-0.2, -0.15) is 4.80 Å². The molecule has 2 heterocycles. The van der Waals surface area contributed by atoms with Crippen LogP contribution in [-0.2, 0) is 6.54 Å². The van der Waals surface area contributed by atoms with E-state index in [2.05, 4.69) is 25.4 Å². The van der Waals surface area contributed by atoms with E-state index in [4.69, 9.17) is 5.21 Å². The Kier molecular flexibility index (Phi) is 3.79. The molecule has 22 heavy (non-hydrogen) atoms. The Balaban J connectivity index is 1.74. The lowest BCUT2D eigenvalue weighted by Gasteiger charge is -2.02. The largest absolute Gasteiger partial charge is 0.288 e.